The average Bonchev–Trinajstić information content (AvgIpc) is 3.15. The average molecular weight is 387 g/mol. The van der Waals surface area contributed by atoms with Gasteiger partial charge in [0.2, 0.25) is 10.0 Å². The van der Waals surface area contributed by atoms with Gasteiger partial charge in [-0.1, -0.05) is 13.0 Å². The Bertz CT molecular complexity index is 636. The van der Waals surface area contributed by atoms with E-state index in [2.05, 4.69) is 42.0 Å². The Balaban J connectivity index is 1.88. The molecule has 142 valence electrons. The van der Waals surface area contributed by atoms with Gasteiger partial charge in [-0.3, -0.25) is 4.99 Å². The number of rotatable bonds is 7. The van der Waals surface area contributed by atoms with Gasteiger partial charge in [0.25, 0.3) is 0 Å². The fourth-order valence-corrected chi connectivity index (χ4v) is 4.77. The minimum absolute atomic E-state index is 0.176. The van der Waals surface area contributed by atoms with Gasteiger partial charge < -0.3 is 10.6 Å². The van der Waals surface area contributed by atoms with Gasteiger partial charge in [0.15, 0.2) is 5.96 Å². The van der Waals surface area contributed by atoms with Gasteiger partial charge in [0.1, 0.15) is 0 Å². The molecule has 2 heterocycles. The van der Waals surface area contributed by atoms with E-state index in [0.717, 1.165) is 31.9 Å². The van der Waals surface area contributed by atoms with Crippen LogP contribution in [0, 0.1) is 0 Å². The molecule has 2 rings (SSSR count). The van der Waals surface area contributed by atoms with Crippen LogP contribution in [0.15, 0.2) is 22.5 Å². The van der Waals surface area contributed by atoms with Crippen LogP contribution in [0.2, 0.25) is 0 Å². The Morgan fingerprint density at radius 1 is 1.40 bits per heavy atom. The lowest BCUT2D eigenvalue weighted by Gasteiger charge is -2.32. The molecule has 1 aromatic rings. The van der Waals surface area contributed by atoms with Crippen LogP contribution >= 0.6 is 11.3 Å². The summed E-state index contributed by atoms with van der Waals surface area (Å²) in [5.74, 6) is 1.39. The molecule has 1 aromatic heterocycles. The predicted molar refractivity (Wildman–Crippen MR) is 106 cm³/mol. The molecular formula is C17H30N4O2S2. The van der Waals surface area contributed by atoms with Crippen LogP contribution in [0.1, 0.15) is 44.4 Å². The summed E-state index contributed by atoms with van der Waals surface area (Å²) in [5.41, 5.74) is 0. The van der Waals surface area contributed by atoms with Gasteiger partial charge in [-0.05, 0) is 38.1 Å². The van der Waals surface area contributed by atoms with Gasteiger partial charge in [-0.2, -0.15) is 0 Å². The number of piperidine rings is 1. The maximum Gasteiger partial charge on any atom is 0.213 e. The van der Waals surface area contributed by atoms with Gasteiger partial charge in [0, 0.05) is 36.5 Å². The first-order valence-electron chi connectivity index (χ1n) is 9.02. The fourth-order valence-electron chi connectivity index (χ4n) is 2.86. The molecule has 2 N–H and O–H groups in total. The smallest absolute Gasteiger partial charge is 0.213 e. The summed E-state index contributed by atoms with van der Waals surface area (Å²) in [6.07, 6.45) is 1.62. The number of sulfonamides is 1. The van der Waals surface area contributed by atoms with Crippen molar-refractivity contribution in [3.63, 3.8) is 0 Å². The predicted octanol–water partition coefficient (Wildman–Crippen LogP) is 2.22. The third kappa shape index (κ3) is 5.97. The van der Waals surface area contributed by atoms with E-state index in [1.165, 1.54) is 4.88 Å². The van der Waals surface area contributed by atoms with Crippen molar-refractivity contribution in [1.29, 1.82) is 0 Å². The number of hydrogen-bond donors (Lipinski definition) is 2. The Labute approximate surface area is 155 Å². The number of guanidine groups is 1. The maximum absolute atomic E-state index is 11.9. The lowest BCUT2D eigenvalue weighted by atomic mass is 10.1. The minimum atomic E-state index is -3.07. The molecule has 1 saturated heterocycles. The van der Waals surface area contributed by atoms with Crippen molar-refractivity contribution in [3.05, 3.63) is 22.4 Å². The zero-order chi connectivity index (χ0) is 18.3. The number of nitrogens with one attached hydrogen (secondary N) is 2. The maximum atomic E-state index is 11.9. The van der Waals surface area contributed by atoms with E-state index < -0.39 is 10.0 Å². The number of nitrogens with zero attached hydrogens (tertiary/aromatic N) is 2. The topological polar surface area (TPSA) is 73.8 Å². The highest BCUT2D eigenvalue weighted by Crippen LogP contribution is 2.20. The molecule has 25 heavy (non-hydrogen) atoms. The monoisotopic (exact) mass is 386 g/mol. The van der Waals surface area contributed by atoms with Crippen LogP contribution in [0.3, 0.4) is 0 Å². The Morgan fingerprint density at radius 2 is 2.12 bits per heavy atom. The summed E-state index contributed by atoms with van der Waals surface area (Å²) < 4.78 is 25.5. The lowest BCUT2D eigenvalue weighted by Crippen LogP contribution is -2.50. The summed E-state index contributed by atoms with van der Waals surface area (Å²) in [6.45, 7) is 8.65. The normalized spacial score (nSPS) is 18.9. The molecule has 0 aliphatic carbocycles. The number of aliphatic imine (C=N–C) groups is 1. The van der Waals surface area contributed by atoms with Crippen molar-refractivity contribution in [3.8, 4) is 0 Å². The van der Waals surface area contributed by atoms with E-state index in [-0.39, 0.29) is 11.8 Å². The molecule has 0 aromatic carbocycles. The molecule has 0 amide bonds. The summed E-state index contributed by atoms with van der Waals surface area (Å²) in [7, 11) is -3.07. The Hall–Kier alpha value is -1.12. The first kappa shape index (κ1) is 20.2. The first-order valence-corrected chi connectivity index (χ1v) is 11.5. The second-order valence-electron chi connectivity index (χ2n) is 6.35. The van der Waals surface area contributed by atoms with Crippen molar-refractivity contribution >= 4 is 27.3 Å². The van der Waals surface area contributed by atoms with Crippen molar-refractivity contribution < 1.29 is 8.42 Å². The summed E-state index contributed by atoms with van der Waals surface area (Å²) >= 11 is 1.76. The van der Waals surface area contributed by atoms with Crippen LogP contribution in [0.25, 0.3) is 0 Å². The van der Waals surface area contributed by atoms with Crippen molar-refractivity contribution in [2.75, 3.05) is 31.9 Å². The molecule has 0 saturated carbocycles. The van der Waals surface area contributed by atoms with E-state index in [9.17, 15) is 8.42 Å². The minimum Gasteiger partial charge on any atom is -0.357 e. The van der Waals surface area contributed by atoms with Gasteiger partial charge in [-0.15, -0.1) is 11.3 Å². The zero-order valence-electron chi connectivity index (χ0n) is 15.4. The molecule has 1 atom stereocenters. The molecule has 8 heteroatoms. The molecule has 1 aliphatic heterocycles. The Morgan fingerprint density at radius 3 is 2.68 bits per heavy atom. The molecule has 1 aliphatic rings. The molecule has 1 fully saturated rings. The van der Waals surface area contributed by atoms with E-state index in [0.29, 0.717) is 19.0 Å². The van der Waals surface area contributed by atoms with Gasteiger partial charge >= 0.3 is 0 Å². The summed E-state index contributed by atoms with van der Waals surface area (Å²) in [6, 6.07) is 4.48. The SMILES string of the molecule is CCNC(=NCC(C)c1cccs1)NC1CCN(S(=O)(=O)CC)CC1. The third-order valence-corrected chi connectivity index (χ3v) is 7.43. The Kier molecular flexibility index (Phi) is 7.71. The molecule has 6 nitrogen and oxygen atoms in total. The van der Waals surface area contributed by atoms with Crippen LogP contribution in [-0.4, -0.2) is 56.7 Å². The highest BCUT2D eigenvalue weighted by molar-refractivity contribution is 7.89. The zero-order valence-corrected chi connectivity index (χ0v) is 17.0. The second-order valence-corrected chi connectivity index (χ2v) is 9.59. The molecule has 0 radical (unpaired) electrons. The summed E-state index contributed by atoms with van der Waals surface area (Å²) in [5, 5.41) is 8.86. The van der Waals surface area contributed by atoms with Gasteiger partial charge in [0.05, 0.1) is 12.3 Å². The molecular weight excluding hydrogens is 356 g/mol. The first-order chi connectivity index (χ1) is 12.0. The highest BCUT2D eigenvalue weighted by atomic mass is 32.2. The van der Waals surface area contributed by atoms with Crippen molar-refractivity contribution in [2.45, 2.75) is 45.6 Å². The van der Waals surface area contributed by atoms with E-state index >= 15 is 0 Å². The number of hydrogen-bond acceptors (Lipinski definition) is 4. The second kappa shape index (κ2) is 9.54. The molecule has 0 bridgehead atoms. The van der Waals surface area contributed by atoms with E-state index in [1.807, 2.05) is 0 Å². The lowest BCUT2D eigenvalue weighted by molar-refractivity contribution is 0.306. The largest absolute Gasteiger partial charge is 0.357 e. The summed E-state index contributed by atoms with van der Waals surface area (Å²) in [4.78, 5) is 6.06. The van der Waals surface area contributed by atoms with Crippen LogP contribution in [0.4, 0.5) is 0 Å². The number of thiophene rings is 1. The fraction of sp³-hybridized carbons (Fsp3) is 0.706. The van der Waals surface area contributed by atoms with Gasteiger partial charge in [-0.25, -0.2) is 12.7 Å². The van der Waals surface area contributed by atoms with Crippen LogP contribution in [0.5, 0.6) is 0 Å². The standard InChI is InChI=1S/C17H30N4O2S2/c1-4-18-17(19-13-14(3)16-7-6-12-24-16)20-15-8-10-21(11-9-15)25(22,23)5-2/h6-7,12,14-15H,4-5,8-11,13H2,1-3H3,(H2,18,19,20). The van der Waals surface area contributed by atoms with E-state index in [1.54, 1.807) is 22.6 Å². The van der Waals surface area contributed by atoms with Crippen LogP contribution < -0.4 is 10.6 Å². The van der Waals surface area contributed by atoms with Crippen molar-refractivity contribution in [1.82, 2.24) is 14.9 Å². The van der Waals surface area contributed by atoms with E-state index in [4.69, 9.17) is 4.99 Å². The third-order valence-electron chi connectivity index (χ3n) is 4.45. The van der Waals surface area contributed by atoms with Crippen molar-refractivity contribution in [2.24, 2.45) is 4.99 Å². The highest BCUT2D eigenvalue weighted by Gasteiger charge is 2.27. The van der Waals surface area contributed by atoms with Crippen LogP contribution in [-0.2, 0) is 10.0 Å². The molecule has 1 unspecified atom stereocenters. The molecule has 0 spiro atoms. The quantitative estimate of drug-likeness (QED) is 0.557.